The lowest BCUT2D eigenvalue weighted by Crippen LogP contribution is -2.49. The van der Waals surface area contributed by atoms with Gasteiger partial charge in [0.05, 0.1) is 5.39 Å². The first-order valence-corrected chi connectivity index (χ1v) is 14.6. The lowest BCUT2D eigenvalue weighted by atomic mass is 10.2. The third-order valence-corrected chi connectivity index (χ3v) is 7.01. The maximum atomic E-state index is 15.5. The minimum absolute atomic E-state index is 0.0128. The van der Waals surface area contributed by atoms with Gasteiger partial charge in [-0.25, -0.2) is 29.0 Å². The number of aromatic nitrogens is 3. The molecule has 41 heavy (non-hydrogen) atoms. The highest BCUT2D eigenvalue weighted by Gasteiger charge is 2.34. The van der Waals surface area contributed by atoms with Crippen LogP contribution in [0, 0.1) is 5.82 Å². The molecule has 11 nitrogen and oxygen atoms in total. The number of carbonyl (C=O) groups is 2. The number of rotatable bonds is 2. The number of hydrogen-bond acceptors (Lipinski definition) is 9. The Morgan fingerprint density at radius 1 is 0.927 bits per heavy atom. The van der Waals surface area contributed by atoms with Crippen molar-refractivity contribution in [2.24, 2.45) is 0 Å². The summed E-state index contributed by atoms with van der Waals surface area (Å²) in [6, 6.07) is -0.207. The van der Waals surface area contributed by atoms with E-state index < -0.39 is 23.1 Å². The highest BCUT2D eigenvalue weighted by molar-refractivity contribution is 6.30. The van der Waals surface area contributed by atoms with Crippen LogP contribution in [0.5, 0.6) is 0 Å². The van der Waals surface area contributed by atoms with Crippen LogP contribution < -0.4 is 9.91 Å². The summed E-state index contributed by atoms with van der Waals surface area (Å²) in [6.45, 7) is 15.2. The van der Waals surface area contributed by atoms with Gasteiger partial charge in [-0.05, 0) is 74.1 Å². The Labute approximate surface area is 245 Å². The van der Waals surface area contributed by atoms with E-state index >= 15 is 4.39 Å². The van der Waals surface area contributed by atoms with Crippen LogP contribution in [0.25, 0.3) is 10.9 Å². The number of fused-ring (bicyclic) bond motifs is 1. The number of anilines is 2. The Kier molecular flexibility index (Phi) is 9.01. The number of ether oxygens (including phenoxy) is 2. The molecule has 0 spiro atoms. The van der Waals surface area contributed by atoms with Gasteiger partial charge in [-0.3, -0.25) is 5.01 Å². The molecular formula is C28H41ClFN7O4. The van der Waals surface area contributed by atoms with Crippen molar-refractivity contribution in [2.45, 2.75) is 91.4 Å². The molecule has 2 aliphatic heterocycles. The van der Waals surface area contributed by atoms with E-state index in [1.54, 1.807) is 9.91 Å². The Morgan fingerprint density at radius 2 is 1.59 bits per heavy atom. The van der Waals surface area contributed by atoms with Crippen molar-refractivity contribution in [3.63, 3.8) is 0 Å². The van der Waals surface area contributed by atoms with Crippen LogP contribution in [-0.2, 0) is 9.47 Å². The minimum Gasteiger partial charge on any atom is -0.444 e. The molecule has 0 aliphatic carbocycles. The van der Waals surface area contributed by atoms with E-state index in [0.717, 1.165) is 19.3 Å². The van der Waals surface area contributed by atoms with Crippen LogP contribution in [0.1, 0.15) is 74.1 Å². The van der Waals surface area contributed by atoms with Crippen LogP contribution in [0.4, 0.5) is 25.7 Å². The highest BCUT2D eigenvalue weighted by atomic mass is 35.5. The van der Waals surface area contributed by atoms with Crippen LogP contribution in [-0.4, -0.2) is 87.0 Å². The highest BCUT2D eigenvalue weighted by Crippen LogP contribution is 2.33. The minimum atomic E-state index is -0.759. The quantitative estimate of drug-likeness (QED) is 0.400. The van der Waals surface area contributed by atoms with Gasteiger partial charge >= 0.3 is 12.2 Å². The van der Waals surface area contributed by atoms with Crippen molar-refractivity contribution in [3.8, 4) is 0 Å². The summed E-state index contributed by atoms with van der Waals surface area (Å²) < 4.78 is 26.8. The number of halogens is 2. The lowest BCUT2D eigenvalue weighted by Gasteiger charge is -2.36. The lowest BCUT2D eigenvalue weighted by molar-refractivity contribution is 0.0228. The molecular weight excluding hydrogens is 553 g/mol. The second-order valence-electron chi connectivity index (χ2n) is 12.6. The summed E-state index contributed by atoms with van der Waals surface area (Å²) in [5, 5.41) is 3.32. The zero-order chi connectivity index (χ0) is 30.1. The van der Waals surface area contributed by atoms with E-state index in [0.29, 0.717) is 50.3 Å². The monoisotopic (exact) mass is 593 g/mol. The van der Waals surface area contributed by atoms with Crippen LogP contribution in [0.15, 0.2) is 6.20 Å². The van der Waals surface area contributed by atoms with Crippen molar-refractivity contribution in [2.75, 3.05) is 42.6 Å². The van der Waals surface area contributed by atoms with Gasteiger partial charge in [0, 0.05) is 45.0 Å². The summed E-state index contributed by atoms with van der Waals surface area (Å²) in [6.07, 6.45) is 3.68. The SMILES string of the molecule is C[C@H]1CN(C(=O)OC(C)(C)C)CCCN1c1nc(N2CCCCCN2C(=O)OC(C)(C)C)c2cnc(Cl)c(F)c2n1. The van der Waals surface area contributed by atoms with Gasteiger partial charge in [0.2, 0.25) is 5.95 Å². The van der Waals surface area contributed by atoms with Crippen LogP contribution in [0.2, 0.25) is 5.15 Å². The Hall–Kier alpha value is -3.15. The molecule has 0 radical (unpaired) electrons. The molecule has 4 rings (SSSR count). The molecule has 0 bridgehead atoms. The van der Waals surface area contributed by atoms with Gasteiger partial charge in [-0.15, -0.1) is 0 Å². The topological polar surface area (TPSA) is 104 Å². The molecule has 13 heteroatoms. The molecule has 0 saturated carbocycles. The van der Waals surface area contributed by atoms with E-state index in [1.807, 2.05) is 53.4 Å². The summed E-state index contributed by atoms with van der Waals surface area (Å²) in [5.41, 5.74) is -1.30. The standard InChI is InChI=1S/C28H41ClFN7O4/c1-18-17-34(25(38)40-27(2,3)4)12-11-13-35(18)24-32-21-19(16-31-22(29)20(21)30)23(33-24)36-14-9-8-10-15-37(36)26(39)41-28(5,6)7/h16,18H,8-15,17H2,1-7H3/t18-/m0/s1. The molecule has 2 aromatic heterocycles. The predicted octanol–water partition coefficient (Wildman–Crippen LogP) is 5.80. The number of hydrazine groups is 1. The first-order valence-electron chi connectivity index (χ1n) is 14.2. The zero-order valence-corrected chi connectivity index (χ0v) is 25.8. The van der Waals surface area contributed by atoms with E-state index in [1.165, 1.54) is 11.2 Å². The van der Waals surface area contributed by atoms with E-state index in [9.17, 15) is 9.59 Å². The maximum Gasteiger partial charge on any atom is 0.429 e. The number of pyridine rings is 1. The number of carbonyl (C=O) groups excluding carboxylic acids is 2. The van der Waals surface area contributed by atoms with Gasteiger partial charge in [-0.1, -0.05) is 11.6 Å². The van der Waals surface area contributed by atoms with Crippen molar-refractivity contribution >= 4 is 46.5 Å². The summed E-state index contributed by atoms with van der Waals surface area (Å²) in [7, 11) is 0. The molecule has 2 fully saturated rings. The molecule has 2 amide bonds. The third-order valence-electron chi connectivity index (χ3n) is 6.74. The molecule has 2 aromatic rings. The molecule has 0 aromatic carbocycles. The van der Waals surface area contributed by atoms with Crippen LogP contribution >= 0.6 is 11.6 Å². The van der Waals surface area contributed by atoms with Crippen molar-refractivity contribution < 1.29 is 23.5 Å². The molecule has 1 atom stereocenters. The molecule has 4 heterocycles. The van der Waals surface area contributed by atoms with Gasteiger partial charge in [0.1, 0.15) is 16.7 Å². The first kappa shape index (κ1) is 30.8. The van der Waals surface area contributed by atoms with Crippen molar-refractivity contribution in [1.82, 2.24) is 24.9 Å². The van der Waals surface area contributed by atoms with Crippen molar-refractivity contribution in [1.29, 1.82) is 0 Å². The molecule has 226 valence electrons. The Bertz CT molecular complexity index is 1280. The normalized spacial score (nSPS) is 19.2. The predicted molar refractivity (Wildman–Crippen MR) is 156 cm³/mol. The molecule has 0 N–H and O–H groups in total. The fourth-order valence-electron chi connectivity index (χ4n) is 4.95. The molecule has 2 saturated heterocycles. The number of nitrogens with zero attached hydrogens (tertiary/aromatic N) is 7. The van der Waals surface area contributed by atoms with Gasteiger partial charge < -0.3 is 19.3 Å². The summed E-state index contributed by atoms with van der Waals surface area (Å²) >= 11 is 6.09. The fraction of sp³-hybridized carbons (Fsp3) is 0.679. The molecule has 2 aliphatic rings. The average molecular weight is 594 g/mol. The Balaban J connectivity index is 1.76. The zero-order valence-electron chi connectivity index (χ0n) is 25.0. The van der Waals surface area contributed by atoms with Gasteiger partial charge in [-0.2, -0.15) is 4.98 Å². The third kappa shape index (κ3) is 7.38. The first-order chi connectivity index (χ1) is 19.1. The number of amides is 2. The molecule has 0 unspecified atom stereocenters. The summed E-state index contributed by atoms with van der Waals surface area (Å²) in [5.74, 6) is -0.132. The number of hydrogen-bond donors (Lipinski definition) is 0. The second-order valence-corrected chi connectivity index (χ2v) is 12.9. The Morgan fingerprint density at radius 3 is 2.27 bits per heavy atom. The summed E-state index contributed by atoms with van der Waals surface area (Å²) in [4.78, 5) is 43.4. The van der Waals surface area contributed by atoms with E-state index in [-0.39, 0.29) is 28.8 Å². The maximum absolute atomic E-state index is 15.5. The smallest absolute Gasteiger partial charge is 0.429 e. The average Bonchev–Trinajstić information content (AvgIpc) is 3.22. The van der Waals surface area contributed by atoms with Crippen LogP contribution in [0.3, 0.4) is 0 Å². The van der Waals surface area contributed by atoms with Gasteiger partial charge in [0.25, 0.3) is 0 Å². The second kappa shape index (κ2) is 12.0. The van der Waals surface area contributed by atoms with E-state index in [4.69, 9.17) is 26.1 Å². The van der Waals surface area contributed by atoms with Gasteiger partial charge in [0.15, 0.2) is 16.8 Å². The van der Waals surface area contributed by atoms with Crippen molar-refractivity contribution in [3.05, 3.63) is 17.2 Å². The largest absolute Gasteiger partial charge is 0.444 e. The van der Waals surface area contributed by atoms with E-state index in [2.05, 4.69) is 9.97 Å². The fourth-order valence-corrected chi connectivity index (χ4v) is 5.09.